The quantitative estimate of drug-likeness (QED) is 0.117. The van der Waals surface area contributed by atoms with Gasteiger partial charge < -0.3 is 18.9 Å². The summed E-state index contributed by atoms with van der Waals surface area (Å²) in [7, 11) is 0. The van der Waals surface area contributed by atoms with E-state index >= 15 is 0 Å². The number of carbonyl (C=O) groups is 3. The van der Waals surface area contributed by atoms with Gasteiger partial charge in [-0.2, -0.15) is 0 Å². The SMILES string of the molecule is CCCOC1CCC(OC(=O)CC)c2ccc(-c3ccc4cc(-c5ccc6c(c5)C(OC(=O)CC)CCC6OC(=O)CC)ccc4c3)cc21. The van der Waals surface area contributed by atoms with Crippen LogP contribution in [0.2, 0.25) is 0 Å². The number of fused-ring (bicyclic) bond motifs is 3. The summed E-state index contributed by atoms with van der Waals surface area (Å²) in [6, 6.07) is 25.5. The van der Waals surface area contributed by atoms with Crippen molar-refractivity contribution in [2.24, 2.45) is 0 Å². The third kappa shape index (κ3) is 7.57. The Morgan fingerprint density at radius 2 is 0.857 bits per heavy atom. The molecule has 6 rings (SSSR count). The van der Waals surface area contributed by atoms with Crippen LogP contribution in [0.1, 0.15) is 126 Å². The summed E-state index contributed by atoms with van der Waals surface area (Å²) >= 11 is 0. The molecule has 0 spiro atoms. The molecule has 0 bridgehead atoms. The molecule has 0 amide bonds. The lowest BCUT2D eigenvalue weighted by molar-refractivity contribution is -0.155. The second kappa shape index (κ2) is 15.4. The molecule has 0 radical (unpaired) electrons. The van der Waals surface area contributed by atoms with Crippen LogP contribution in [-0.2, 0) is 33.3 Å². The first kappa shape index (κ1) is 34.4. The van der Waals surface area contributed by atoms with Gasteiger partial charge in [0.05, 0.1) is 6.10 Å². The Kier molecular flexibility index (Phi) is 10.8. The van der Waals surface area contributed by atoms with E-state index < -0.39 is 0 Å². The Balaban J connectivity index is 1.30. The van der Waals surface area contributed by atoms with Crippen molar-refractivity contribution in [2.45, 2.75) is 103 Å². The van der Waals surface area contributed by atoms with Crippen LogP contribution in [0.5, 0.6) is 0 Å². The molecule has 0 heterocycles. The molecule has 2 aliphatic rings. The van der Waals surface area contributed by atoms with Crippen molar-refractivity contribution in [3.8, 4) is 22.3 Å². The third-order valence-electron chi connectivity index (χ3n) is 9.66. The van der Waals surface area contributed by atoms with E-state index in [1.54, 1.807) is 13.8 Å². The van der Waals surface area contributed by atoms with Crippen LogP contribution in [0, 0.1) is 0 Å². The fourth-order valence-electron chi connectivity index (χ4n) is 7.01. The monoisotopic (exact) mass is 662 g/mol. The number of hydrogen-bond acceptors (Lipinski definition) is 7. The van der Waals surface area contributed by atoms with E-state index in [-0.39, 0.29) is 42.3 Å². The van der Waals surface area contributed by atoms with Crippen LogP contribution in [0.25, 0.3) is 33.0 Å². The molecule has 4 atom stereocenters. The normalized spacial score (nSPS) is 19.8. The molecule has 0 N–H and O–H groups in total. The van der Waals surface area contributed by atoms with Gasteiger partial charge in [0, 0.05) is 25.9 Å². The summed E-state index contributed by atoms with van der Waals surface area (Å²) < 4.78 is 23.7. The summed E-state index contributed by atoms with van der Waals surface area (Å²) in [5.74, 6) is -0.659. The molecule has 256 valence electrons. The fraction of sp³-hybridized carbons (Fsp3) is 0.405. The Morgan fingerprint density at radius 3 is 1.29 bits per heavy atom. The minimum atomic E-state index is -0.375. The van der Waals surface area contributed by atoms with Crippen molar-refractivity contribution in [3.63, 3.8) is 0 Å². The smallest absolute Gasteiger partial charge is 0.306 e. The maximum atomic E-state index is 12.3. The molecular formula is C42H46O7. The van der Waals surface area contributed by atoms with Gasteiger partial charge in [0.25, 0.3) is 0 Å². The molecular weight excluding hydrogens is 616 g/mol. The maximum Gasteiger partial charge on any atom is 0.306 e. The van der Waals surface area contributed by atoms with Crippen LogP contribution < -0.4 is 0 Å². The summed E-state index contributed by atoms with van der Waals surface area (Å²) in [5.41, 5.74) is 8.20. The molecule has 0 fully saturated rings. The van der Waals surface area contributed by atoms with Crippen LogP contribution in [0.3, 0.4) is 0 Å². The van der Waals surface area contributed by atoms with Crippen LogP contribution in [0.4, 0.5) is 0 Å². The zero-order valence-corrected chi connectivity index (χ0v) is 29.0. The molecule has 7 nitrogen and oxygen atoms in total. The minimum absolute atomic E-state index is 0.0230. The number of benzene rings is 4. The molecule has 4 unspecified atom stereocenters. The zero-order chi connectivity index (χ0) is 34.5. The predicted molar refractivity (Wildman–Crippen MR) is 190 cm³/mol. The Morgan fingerprint density at radius 1 is 0.490 bits per heavy atom. The lowest BCUT2D eigenvalue weighted by Crippen LogP contribution is -2.22. The Hall–Kier alpha value is -4.49. The molecule has 0 aromatic heterocycles. The van der Waals surface area contributed by atoms with Gasteiger partial charge in [-0.05, 0) is 112 Å². The highest BCUT2D eigenvalue weighted by molar-refractivity contribution is 5.91. The summed E-state index contributed by atoms with van der Waals surface area (Å²) in [6.45, 7) is 8.21. The number of hydrogen-bond donors (Lipinski definition) is 0. The molecule has 4 aromatic rings. The number of esters is 3. The van der Waals surface area contributed by atoms with Crippen molar-refractivity contribution in [1.82, 2.24) is 0 Å². The largest absolute Gasteiger partial charge is 0.457 e. The van der Waals surface area contributed by atoms with Crippen LogP contribution >= 0.6 is 0 Å². The van der Waals surface area contributed by atoms with Gasteiger partial charge in [-0.3, -0.25) is 14.4 Å². The van der Waals surface area contributed by atoms with Gasteiger partial charge >= 0.3 is 17.9 Å². The van der Waals surface area contributed by atoms with Gasteiger partial charge in [-0.25, -0.2) is 0 Å². The van der Waals surface area contributed by atoms with E-state index in [0.717, 1.165) is 74.5 Å². The van der Waals surface area contributed by atoms with Crippen LogP contribution in [-0.4, -0.2) is 24.5 Å². The van der Waals surface area contributed by atoms with Crippen molar-refractivity contribution in [3.05, 3.63) is 95.1 Å². The molecule has 0 aliphatic heterocycles. The molecule has 0 saturated heterocycles. The average molecular weight is 663 g/mol. The van der Waals surface area contributed by atoms with Crippen molar-refractivity contribution in [2.75, 3.05) is 6.61 Å². The van der Waals surface area contributed by atoms with Gasteiger partial charge in [-0.15, -0.1) is 0 Å². The summed E-state index contributed by atoms with van der Waals surface area (Å²) in [5, 5.41) is 2.23. The predicted octanol–water partition coefficient (Wildman–Crippen LogP) is 10.2. The first-order chi connectivity index (χ1) is 23.8. The van der Waals surface area contributed by atoms with Crippen LogP contribution in [0.15, 0.2) is 72.8 Å². The summed E-state index contributed by atoms with van der Waals surface area (Å²) in [4.78, 5) is 36.6. The Labute approximate surface area is 288 Å². The van der Waals surface area contributed by atoms with Crippen molar-refractivity contribution in [1.29, 1.82) is 0 Å². The second-order valence-corrected chi connectivity index (χ2v) is 13.0. The van der Waals surface area contributed by atoms with Gasteiger partial charge in [-0.1, -0.05) is 76.2 Å². The first-order valence-corrected chi connectivity index (χ1v) is 17.8. The topological polar surface area (TPSA) is 88.1 Å². The van der Waals surface area contributed by atoms with Crippen molar-refractivity contribution >= 4 is 28.7 Å². The molecule has 2 aliphatic carbocycles. The first-order valence-electron chi connectivity index (χ1n) is 17.8. The minimum Gasteiger partial charge on any atom is -0.457 e. The number of carbonyl (C=O) groups excluding carboxylic acids is 3. The molecule has 7 heteroatoms. The standard InChI is InChI=1S/C42H46O7/c1-5-21-46-36-17-18-37(47-40(43)6-2)32-15-13-30(24-34(32)36)28-11-9-27-23-29(12-10-26(27)22-28)31-14-16-33-35(25-31)39(49-42(45)8-4)20-19-38(33)48-41(44)7-3/h9-16,22-25,36-39H,5-8,17-21H2,1-4H3. The van der Waals surface area contributed by atoms with Gasteiger partial charge in [0.2, 0.25) is 0 Å². The molecule has 4 aromatic carbocycles. The fourth-order valence-corrected chi connectivity index (χ4v) is 7.01. The highest BCUT2D eigenvalue weighted by Gasteiger charge is 2.32. The van der Waals surface area contributed by atoms with E-state index in [1.807, 2.05) is 13.0 Å². The zero-order valence-electron chi connectivity index (χ0n) is 29.0. The average Bonchev–Trinajstić information content (AvgIpc) is 3.14. The van der Waals surface area contributed by atoms with E-state index in [9.17, 15) is 14.4 Å². The Bertz CT molecular complexity index is 1840. The number of ether oxygens (including phenoxy) is 4. The highest BCUT2D eigenvalue weighted by Crippen LogP contribution is 2.44. The van der Waals surface area contributed by atoms with E-state index in [0.29, 0.717) is 38.7 Å². The number of rotatable bonds is 11. The van der Waals surface area contributed by atoms with E-state index in [4.69, 9.17) is 18.9 Å². The lowest BCUT2D eigenvalue weighted by Gasteiger charge is -2.32. The third-order valence-corrected chi connectivity index (χ3v) is 9.66. The second-order valence-electron chi connectivity index (χ2n) is 13.0. The van der Waals surface area contributed by atoms with Crippen molar-refractivity contribution < 1.29 is 33.3 Å². The lowest BCUT2D eigenvalue weighted by atomic mass is 9.84. The molecule has 49 heavy (non-hydrogen) atoms. The summed E-state index contributed by atoms with van der Waals surface area (Å²) in [6.07, 6.45) is 3.71. The highest BCUT2D eigenvalue weighted by atomic mass is 16.6. The van der Waals surface area contributed by atoms with E-state index in [1.165, 1.54) is 0 Å². The molecule has 0 saturated carbocycles. The van der Waals surface area contributed by atoms with Gasteiger partial charge in [0.15, 0.2) is 0 Å². The maximum absolute atomic E-state index is 12.3. The van der Waals surface area contributed by atoms with Gasteiger partial charge in [0.1, 0.15) is 18.3 Å². The van der Waals surface area contributed by atoms with E-state index in [2.05, 4.69) is 73.7 Å².